The fraction of sp³-hybridized carbons (Fsp3) is 0.333. The maximum Gasteiger partial charge on any atom is 0.341 e. The molecule has 0 saturated carbocycles. The van der Waals surface area contributed by atoms with E-state index in [2.05, 4.69) is 19.2 Å². The summed E-state index contributed by atoms with van der Waals surface area (Å²) in [6.45, 7) is 4.17. The first-order valence-corrected chi connectivity index (χ1v) is 11.0. The fourth-order valence-corrected chi connectivity index (χ4v) is 4.96. The molecule has 1 aromatic carbocycles. The molecule has 0 saturated heterocycles. The number of hydrogen-bond donors (Lipinski definition) is 1. The Bertz CT molecular complexity index is 1120. The highest BCUT2D eigenvalue weighted by molar-refractivity contribution is 7.17. The number of nitriles is 1. The average molecular weight is 453 g/mol. The number of esters is 2. The van der Waals surface area contributed by atoms with Gasteiger partial charge in [0.05, 0.1) is 25.7 Å². The van der Waals surface area contributed by atoms with Gasteiger partial charge in [-0.05, 0) is 41.5 Å². The molecule has 2 aromatic rings. The fourth-order valence-electron chi connectivity index (χ4n) is 3.70. The molecule has 166 valence electrons. The lowest BCUT2D eigenvalue weighted by molar-refractivity contribution is -0.142. The van der Waals surface area contributed by atoms with E-state index < -0.39 is 23.8 Å². The summed E-state index contributed by atoms with van der Waals surface area (Å²) < 4.78 is 9.77. The molecule has 32 heavy (non-hydrogen) atoms. The second-order valence-corrected chi connectivity index (χ2v) is 8.80. The van der Waals surface area contributed by atoms with Gasteiger partial charge >= 0.3 is 11.9 Å². The van der Waals surface area contributed by atoms with Crippen molar-refractivity contribution < 1.29 is 23.9 Å². The Morgan fingerprint density at radius 2 is 1.88 bits per heavy atom. The van der Waals surface area contributed by atoms with Crippen LogP contribution < -0.4 is 5.32 Å². The van der Waals surface area contributed by atoms with Gasteiger partial charge < -0.3 is 14.8 Å². The zero-order chi connectivity index (χ0) is 23.4. The molecule has 1 aliphatic carbocycles. The third-order valence-electron chi connectivity index (χ3n) is 5.41. The topological polar surface area (TPSA) is 105 Å². The number of benzene rings is 1. The van der Waals surface area contributed by atoms with Gasteiger partial charge in [-0.25, -0.2) is 4.79 Å². The van der Waals surface area contributed by atoms with E-state index in [0.29, 0.717) is 29.9 Å². The van der Waals surface area contributed by atoms with Gasteiger partial charge in [0.1, 0.15) is 16.6 Å². The van der Waals surface area contributed by atoms with Crippen LogP contribution in [0.5, 0.6) is 0 Å². The number of fused-ring (bicyclic) bond motifs is 1. The molecule has 0 fully saturated rings. The third kappa shape index (κ3) is 4.58. The van der Waals surface area contributed by atoms with Gasteiger partial charge in [-0.3, -0.25) is 9.59 Å². The maximum absolute atomic E-state index is 12.8. The van der Waals surface area contributed by atoms with Crippen molar-refractivity contribution in [2.24, 2.45) is 0 Å². The molecule has 1 N–H and O–H groups in total. The van der Waals surface area contributed by atoms with Crippen LogP contribution in [0.3, 0.4) is 0 Å². The monoisotopic (exact) mass is 452 g/mol. The van der Waals surface area contributed by atoms with Crippen molar-refractivity contribution in [2.45, 2.75) is 38.5 Å². The van der Waals surface area contributed by atoms with Crippen LogP contribution in [-0.2, 0) is 25.5 Å². The van der Waals surface area contributed by atoms with Crippen LogP contribution in [0.4, 0.5) is 5.00 Å². The molecule has 1 unspecified atom stereocenters. The number of amides is 1. The molecule has 1 atom stereocenters. The highest BCUT2D eigenvalue weighted by Gasteiger charge is 2.38. The van der Waals surface area contributed by atoms with Crippen LogP contribution in [0.15, 0.2) is 29.8 Å². The van der Waals surface area contributed by atoms with Crippen molar-refractivity contribution in [1.29, 1.82) is 5.26 Å². The number of nitrogens with zero attached hydrogens (tertiary/aromatic N) is 1. The van der Waals surface area contributed by atoms with Crippen molar-refractivity contribution in [1.82, 2.24) is 0 Å². The van der Waals surface area contributed by atoms with Gasteiger partial charge in [0.15, 0.2) is 0 Å². The van der Waals surface area contributed by atoms with Gasteiger partial charge in [-0.1, -0.05) is 38.1 Å². The number of carbonyl (C=O) groups excluding carboxylic acids is 3. The van der Waals surface area contributed by atoms with E-state index in [1.54, 1.807) is 0 Å². The second-order valence-electron chi connectivity index (χ2n) is 7.69. The molecular weight excluding hydrogens is 428 g/mol. The molecule has 8 heteroatoms. The third-order valence-corrected chi connectivity index (χ3v) is 6.59. The van der Waals surface area contributed by atoms with Crippen LogP contribution in [0, 0.1) is 11.3 Å². The van der Waals surface area contributed by atoms with Crippen LogP contribution in [0.2, 0.25) is 0 Å². The van der Waals surface area contributed by atoms with Crippen LogP contribution in [0.25, 0.3) is 6.08 Å². The Morgan fingerprint density at radius 3 is 2.44 bits per heavy atom. The summed E-state index contributed by atoms with van der Waals surface area (Å²) >= 11 is 1.21. The normalized spacial score (nSPS) is 15.1. The van der Waals surface area contributed by atoms with E-state index in [0.717, 1.165) is 10.4 Å². The number of ether oxygens (including phenoxy) is 2. The van der Waals surface area contributed by atoms with E-state index in [-0.39, 0.29) is 16.1 Å². The van der Waals surface area contributed by atoms with Gasteiger partial charge in [0.2, 0.25) is 0 Å². The highest BCUT2D eigenvalue weighted by atomic mass is 32.1. The lowest BCUT2D eigenvalue weighted by Crippen LogP contribution is -2.18. The number of rotatable bonds is 6. The Morgan fingerprint density at radius 1 is 1.19 bits per heavy atom. The smallest absolute Gasteiger partial charge is 0.341 e. The van der Waals surface area contributed by atoms with E-state index in [1.165, 1.54) is 31.6 Å². The van der Waals surface area contributed by atoms with Crippen LogP contribution in [-0.4, -0.2) is 32.1 Å². The number of nitrogens with one attached hydrogen (secondary N) is 1. The number of anilines is 1. The quantitative estimate of drug-likeness (QED) is 0.395. The van der Waals surface area contributed by atoms with Crippen molar-refractivity contribution in [3.8, 4) is 6.07 Å². The zero-order valence-corrected chi connectivity index (χ0v) is 19.2. The number of aryl methyl sites for hydroxylation is 1. The maximum atomic E-state index is 12.8. The standard InChI is InChI=1S/C24H24N2O5S/c1-13(2)15-7-5-14(6-8-15)11-16(12-25)21(27)26-22-20(24(29)31-4)19-17(23(28)30-3)9-10-18(19)32-22/h5-8,11,13,17H,9-10H2,1-4H3,(H,26,27)/b16-11+. The number of thiophene rings is 1. The summed E-state index contributed by atoms with van der Waals surface area (Å²) in [7, 11) is 2.53. The summed E-state index contributed by atoms with van der Waals surface area (Å²) in [5.41, 5.74) is 2.45. The summed E-state index contributed by atoms with van der Waals surface area (Å²) in [5, 5.41) is 12.5. The minimum Gasteiger partial charge on any atom is -0.469 e. The zero-order valence-electron chi connectivity index (χ0n) is 18.4. The predicted molar refractivity (Wildman–Crippen MR) is 121 cm³/mol. The largest absolute Gasteiger partial charge is 0.469 e. The van der Waals surface area contributed by atoms with E-state index >= 15 is 0 Å². The molecule has 1 amide bonds. The Labute approximate surface area is 190 Å². The highest BCUT2D eigenvalue weighted by Crippen LogP contribution is 2.46. The van der Waals surface area contributed by atoms with Crippen molar-refractivity contribution in [2.75, 3.05) is 19.5 Å². The Kier molecular flexibility index (Phi) is 7.11. The van der Waals surface area contributed by atoms with Crippen molar-refractivity contribution in [3.63, 3.8) is 0 Å². The summed E-state index contributed by atoms with van der Waals surface area (Å²) in [6, 6.07) is 9.52. The molecule has 0 aliphatic heterocycles. The first kappa shape index (κ1) is 23.2. The van der Waals surface area contributed by atoms with Gasteiger partial charge in [-0.2, -0.15) is 5.26 Å². The Hall–Kier alpha value is -3.44. The number of carbonyl (C=O) groups is 3. The summed E-state index contributed by atoms with van der Waals surface area (Å²) in [5.74, 6) is -1.94. The lowest BCUT2D eigenvalue weighted by atomic mass is 9.99. The molecule has 0 spiro atoms. The predicted octanol–water partition coefficient (Wildman–Crippen LogP) is 4.41. The second kappa shape index (κ2) is 9.79. The minimum atomic E-state index is -0.652. The summed E-state index contributed by atoms with van der Waals surface area (Å²) in [6.07, 6.45) is 2.61. The molecule has 1 heterocycles. The number of hydrogen-bond acceptors (Lipinski definition) is 7. The van der Waals surface area contributed by atoms with E-state index in [1.807, 2.05) is 30.3 Å². The Balaban J connectivity index is 1.92. The summed E-state index contributed by atoms with van der Waals surface area (Å²) in [4.78, 5) is 38.4. The minimum absolute atomic E-state index is 0.101. The first-order valence-electron chi connectivity index (χ1n) is 10.2. The molecule has 3 rings (SSSR count). The van der Waals surface area contributed by atoms with E-state index in [4.69, 9.17) is 9.47 Å². The van der Waals surface area contributed by atoms with Gasteiger partial charge in [-0.15, -0.1) is 11.3 Å². The van der Waals surface area contributed by atoms with Crippen LogP contribution >= 0.6 is 11.3 Å². The molecule has 0 radical (unpaired) electrons. The van der Waals surface area contributed by atoms with Crippen molar-refractivity contribution >= 4 is 40.3 Å². The molecule has 7 nitrogen and oxygen atoms in total. The lowest BCUT2D eigenvalue weighted by Gasteiger charge is -2.11. The molecular formula is C24H24N2O5S. The molecule has 1 aliphatic rings. The van der Waals surface area contributed by atoms with Crippen molar-refractivity contribution in [3.05, 3.63) is 57.0 Å². The van der Waals surface area contributed by atoms with Crippen LogP contribution in [0.1, 0.15) is 64.0 Å². The molecule has 1 aromatic heterocycles. The van der Waals surface area contributed by atoms with Gasteiger partial charge in [0, 0.05) is 4.88 Å². The number of methoxy groups -OCH3 is 2. The molecule has 0 bridgehead atoms. The SMILES string of the molecule is COC(=O)c1c(NC(=O)/C(C#N)=C/c2ccc(C(C)C)cc2)sc2c1C(C(=O)OC)CC2. The first-order chi connectivity index (χ1) is 15.3. The average Bonchev–Trinajstić information content (AvgIpc) is 3.35. The van der Waals surface area contributed by atoms with E-state index in [9.17, 15) is 19.6 Å². The van der Waals surface area contributed by atoms with Gasteiger partial charge in [0.25, 0.3) is 5.91 Å².